The van der Waals surface area contributed by atoms with Crippen LogP contribution in [-0.2, 0) is 16.0 Å². The van der Waals surface area contributed by atoms with Gasteiger partial charge < -0.3 is 15.0 Å². The number of nitrogens with zero attached hydrogens (tertiary/aromatic N) is 1. The van der Waals surface area contributed by atoms with Gasteiger partial charge in [-0.1, -0.05) is 13.0 Å². The molecule has 0 unspecified atom stereocenters. The van der Waals surface area contributed by atoms with Crippen LogP contribution < -0.4 is 5.32 Å². The van der Waals surface area contributed by atoms with Crippen LogP contribution in [0.2, 0.25) is 0 Å². The Morgan fingerprint density at radius 2 is 1.80 bits per heavy atom. The molecule has 140 valence electrons. The highest BCUT2D eigenvalue weighted by Gasteiger charge is 2.23. The molecular weight excluding hydrogens is 330 g/mol. The van der Waals surface area contributed by atoms with Crippen LogP contribution in [0.25, 0.3) is 0 Å². The van der Waals surface area contributed by atoms with Gasteiger partial charge >= 0.3 is 6.09 Å². The number of halogens is 2. The molecule has 0 aliphatic heterocycles. The molecule has 0 fully saturated rings. The molecule has 0 aliphatic carbocycles. The van der Waals surface area contributed by atoms with Gasteiger partial charge in [0, 0.05) is 25.7 Å². The second-order valence-electron chi connectivity index (χ2n) is 7.00. The lowest BCUT2D eigenvalue weighted by atomic mass is 10.1. The molecule has 0 heterocycles. The Hall–Kier alpha value is -2.18. The predicted molar refractivity (Wildman–Crippen MR) is 91.1 cm³/mol. The largest absolute Gasteiger partial charge is 0.444 e. The fraction of sp³-hybridized carbons (Fsp3) is 0.556. The van der Waals surface area contributed by atoms with Gasteiger partial charge in [0.25, 0.3) is 0 Å². The summed E-state index contributed by atoms with van der Waals surface area (Å²) >= 11 is 0. The number of carbonyl (C=O) groups excluding carboxylic acids is 2. The summed E-state index contributed by atoms with van der Waals surface area (Å²) in [6.07, 6.45) is -0.459. The highest BCUT2D eigenvalue weighted by Crippen LogP contribution is 2.13. The van der Waals surface area contributed by atoms with Crippen molar-refractivity contribution in [1.29, 1.82) is 0 Å². The molecule has 1 atom stereocenters. The minimum atomic E-state index is -0.632. The number of carbonyl (C=O) groups is 2. The Kier molecular flexibility index (Phi) is 7.33. The van der Waals surface area contributed by atoms with E-state index in [2.05, 4.69) is 5.32 Å². The van der Waals surface area contributed by atoms with Crippen molar-refractivity contribution in [3.05, 3.63) is 35.4 Å². The molecule has 0 bridgehead atoms. The van der Waals surface area contributed by atoms with Gasteiger partial charge in [-0.05, 0) is 39.3 Å². The van der Waals surface area contributed by atoms with Crippen LogP contribution >= 0.6 is 0 Å². The maximum Gasteiger partial charge on any atom is 0.410 e. The third-order valence-electron chi connectivity index (χ3n) is 3.44. The van der Waals surface area contributed by atoms with Crippen LogP contribution in [0, 0.1) is 17.6 Å². The molecule has 1 aromatic carbocycles. The number of ether oxygens (including phenoxy) is 1. The summed E-state index contributed by atoms with van der Waals surface area (Å²) in [5.41, 5.74) is -0.665. The fourth-order valence-electron chi connectivity index (χ4n) is 2.16. The SMILES string of the molecule is C[C@H](CN(C)C(=O)OC(C)(C)C)C(=O)NCCc1c(F)cccc1F. The van der Waals surface area contributed by atoms with Crippen LogP contribution in [-0.4, -0.2) is 42.6 Å². The smallest absolute Gasteiger partial charge is 0.410 e. The lowest BCUT2D eigenvalue weighted by Gasteiger charge is -2.26. The first-order valence-corrected chi connectivity index (χ1v) is 8.16. The van der Waals surface area contributed by atoms with Gasteiger partial charge in [-0.15, -0.1) is 0 Å². The summed E-state index contributed by atoms with van der Waals surface area (Å²) in [5.74, 6) is -2.05. The van der Waals surface area contributed by atoms with E-state index in [1.807, 2.05) is 0 Å². The molecule has 0 aliphatic rings. The number of benzene rings is 1. The average Bonchev–Trinajstić information content (AvgIpc) is 2.48. The predicted octanol–water partition coefficient (Wildman–Crippen LogP) is 3.13. The summed E-state index contributed by atoms with van der Waals surface area (Å²) in [5, 5.41) is 2.63. The van der Waals surface area contributed by atoms with Crippen molar-refractivity contribution in [3.63, 3.8) is 0 Å². The summed E-state index contributed by atoms with van der Waals surface area (Å²) in [7, 11) is 1.55. The molecule has 1 N–H and O–H groups in total. The van der Waals surface area contributed by atoms with Crippen LogP contribution in [0.3, 0.4) is 0 Å². The summed E-state index contributed by atoms with van der Waals surface area (Å²) < 4.78 is 32.3. The minimum Gasteiger partial charge on any atom is -0.444 e. The standard InChI is InChI=1S/C18H26F2N2O3/c1-12(11-22(5)17(24)25-18(2,3)4)16(23)21-10-9-13-14(19)7-6-8-15(13)20/h6-8,12H,9-11H2,1-5H3,(H,21,23)/t12-/m1/s1. The van der Waals surface area contributed by atoms with E-state index in [0.29, 0.717) is 0 Å². The summed E-state index contributed by atoms with van der Waals surface area (Å²) in [6.45, 7) is 7.23. The quantitative estimate of drug-likeness (QED) is 0.852. The molecule has 0 radical (unpaired) electrons. The molecule has 1 rings (SSSR count). The van der Waals surface area contributed by atoms with E-state index in [0.717, 1.165) is 0 Å². The Morgan fingerprint density at radius 3 is 2.32 bits per heavy atom. The van der Waals surface area contributed by atoms with Crippen LogP contribution in [0.1, 0.15) is 33.3 Å². The molecule has 1 aromatic rings. The molecule has 0 aromatic heterocycles. The van der Waals surface area contributed by atoms with E-state index in [9.17, 15) is 18.4 Å². The van der Waals surface area contributed by atoms with Crippen molar-refractivity contribution in [2.45, 2.75) is 39.7 Å². The van der Waals surface area contributed by atoms with Crippen LogP contribution in [0.15, 0.2) is 18.2 Å². The van der Waals surface area contributed by atoms with Gasteiger partial charge in [0.15, 0.2) is 0 Å². The van der Waals surface area contributed by atoms with Gasteiger partial charge in [-0.2, -0.15) is 0 Å². The Bertz CT molecular complexity index is 595. The maximum absolute atomic E-state index is 13.5. The number of hydrogen-bond donors (Lipinski definition) is 1. The Balaban J connectivity index is 2.45. The minimum absolute atomic E-state index is 0.0543. The molecule has 5 nitrogen and oxygen atoms in total. The molecule has 0 saturated carbocycles. The number of rotatable bonds is 6. The van der Waals surface area contributed by atoms with Gasteiger partial charge in [-0.3, -0.25) is 4.79 Å². The van der Waals surface area contributed by atoms with Crippen molar-refractivity contribution >= 4 is 12.0 Å². The number of hydrogen-bond acceptors (Lipinski definition) is 3. The molecule has 25 heavy (non-hydrogen) atoms. The van der Waals surface area contributed by atoms with E-state index in [-0.39, 0.29) is 31.0 Å². The van der Waals surface area contributed by atoms with Gasteiger partial charge in [-0.25, -0.2) is 13.6 Å². The average molecular weight is 356 g/mol. The van der Waals surface area contributed by atoms with Gasteiger partial charge in [0.2, 0.25) is 5.91 Å². The highest BCUT2D eigenvalue weighted by atomic mass is 19.1. The highest BCUT2D eigenvalue weighted by molar-refractivity contribution is 5.79. The maximum atomic E-state index is 13.5. The van der Waals surface area contributed by atoms with Crippen molar-refractivity contribution in [1.82, 2.24) is 10.2 Å². The topological polar surface area (TPSA) is 58.6 Å². The third kappa shape index (κ3) is 7.07. The Morgan fingerprint density at radius 1 is 1.24 bits per heavy atom. The van der Waals surface area contributed by atoms with Crippen molar-refractivity contribution in [2.24, 2.45) is 5.92 Å². The zero-order valence-corrected chi connectivity index (χ0v) is 15.4. The van der Waals surface area contributed by atoms with Gasteiger partial charge in [0.05, 0.1) is 5.92 Å². The second kappa shape index (κ2) is 8.78. The van der Waals surface area contributed by atoms with Crippen molar-refractivity contribution in [2.75, 3.05) is 20.1 Å². The zero-order chi connectivity index (χ0) is 19.2. The van der Waals surface area contributed by atoms with Gasteiger partial charge in [0.1, 0.15) is 17.2 Å². The molecule has 0 saturated heterocycles. The van der Waals surface area contributed by atoms with E-state index in [4.69, 9.17) is 4.74 Å². The van der Waals surface area contributed by atoms with Crippen LogP contribution in [0.4, 0.5) is 13.6 Å². The van der Waals surface area contributed by atoms with E-state index in [1.165, 1.54) is 23.1 Å². The Labute approximate surface area is 147 Å². The van der Waals surface area contributed by atoms with Crippen molar-refractivity contribution in [3.8, 4) is 0 Å². The van der Waals surface area contributed by atoms with Crippen molar-refractivity contribution < 1.29 is 23.1 Å². The monoisotopic (exact) mass is 356 g/mol. The van der Waals surface area contributed by atoms with Crippen LogP contribution in [0.5, 0.6) is 0 Å². The normalized spacial score (nSPS) is 12.4. The van der Waals surface area contributed by atoms with E-state index in [1.54, 1.807) is 34.7 Å². The first kappa shape index (κ1) is 20.9. The number of amides is 2. The zero-order valence-electron chi connectivity index (χ0n) is 15.4. The lowest BCUT2D eigenvalue weighted by Crippen LogP contribution is -2.41. The van der Waals surface area contributed by atoms with E-state index >= 15 is 0 Å². The first-order chi connectivity index (χ1) is 11.5. The summed E-state index contributed by atoms with van der Waals surface area (Å²) in [6, 6.07) is 3.65. The second-order valence-corrected chi connectivity index (χ2v) is 7.00. The first-order valence-electron chi connectivity index (χ1n) is 8.16. The molecule has 2 amide bonds. The van der Waals surface area contributed by atoms with E-state index < -0.39 is 29.2 Å². The number of nitrogens with one attached hydrogen (secondary N) is 1. The molecular formula is C18H26F2N2O3. The fourth-order valence-corrected chi connectivity index (χ4v) is 2.16. The summed E-state index contributed by atoms with van der Waals surface area (Å²) in [4.78, 5) is 25.3. The third-order valence-corrected chi connectivity index (χ3v) is 3.44. The molecule has 0 spiro atoms. The molecule has 7 heteroatoms. The lowest BCUT2D eigenvalue weighted by molar-refractivity contribution is -0.124.